The third-order valence-electron chi connectivity index (χ3n) is 3.82. The van der Waals surface area contributed by atoms with E-state index in [2.05, 4.69) is 15.9 Å². The molecule has 1 nitrogen and oxygen atoms in total. The van der Waals surface area contributed by atoms with Gasteiger partial charge in [0.1, 0.15) is 6.29 Å². The molecule has 0 spiro atoms. The second-order valence-corrected chi connectivity index (χ2v) is 5.06. The molecule has 2 heteroatoms. The first-order chi connectivity index (χ1) is 4.79. The summed E-state index contributed by atoms with van der Waals surface area (Å²) in [5.41, 5.74) is 0.179. The number of carbonyl (C=O) groups is 1. The lowest BCUT2D eigenvalue weighted by atomic mass is 10.1. The maximum absolute atomic E-state index is 10.7. The summed E-state index contributed by atoms with van der Waals surface area (Å²) in [7, 11) is 0. The second-order valence-electron chi connectivity index (χ2n) is 4.01. The van der Waals surface area contributed by atoms with Crippen molar-refractivity contribution in [2.45, 2.75) is 17.7 Å². The van der Waals surface area contributed by atoms with Crippen molar-refractivity contribution in [2.75, 3.05) is 0 Å². The van der Waals surface area contributed by atoms with Gasteiger partial charge in [-0.2, -0.15) is 0 Å². The Morgan fingerprint density at radius 1 is 1.60 bits per heavy atom. The zero-order chi connectivity index (χ0) is 6.93. The Morgan fingerprint density at radius 2 is 2.40 bits per heavy atom. The quantitative estimate of drug-likeness (QED) is 0.465. The zero-order valence-electron chi connectivity index (χ0n) is 5.59. The summed E-state index contributed by atoms with van der Waals surface area (Å²) in [5, 5.41) is 0. The van der Waals surface area contributed by atoms with Crippen LogP contribution in [0.1, 0.15) is 12.8 Å². The minimum absolute atomic E-state index is 0.179. The molecule has 4 saturated carbocycles. The van der Waals surface area contributed by atoms with Crippen LogP contribution in [0.2, 0.25) is 0 Å². The van der Waals surface area contributed by atoms with Gasteiger partial charge in [-0.1, -0.05) is 15.9 Å². The van der Waals surface area contributed by atoms with Gasteiger partial charge in [0.25, 0.3) is 0 Å². The molecule has 10 heavy (non-hydrogen) atoms. The highest BCUT2D eigenvalue weighted by molar-refractivity contribution is 9.09. The van der Waals surface area contributed by atoms with Crippen molar-refractivity contribution < 1.29 is 4.79 Å². The lowest BCUT2D eigenvalue weighted by Crippen LogP contribution is -2.01. The lowest BCUT2D eigenvalue weighted by molar-refractivity contribution is -0.112. The molecule has 0 radical (unpaired) electrons. The highest BCUT2D eigenvalue weighted by Gasteiger charge is 2.78. The number of hydrogen-bond donors (Lipinski definition) is 0. The first kappa shape index (κ1) is 5.76. The van der Waals surface area contributed by atoms with E-state index < -0.39 is 0 Å². The van der Waals surface area contributed by atoms with Gasteiger partial charge < -0.3 is 4.79 Å². The fraction of sp³-hybridized carbons (Fsp3) is 0.875. The van der Waals surface area contributed by atoms with Gasteiger partial charge in [-0.05, 0) is 30.6 Å². The molecular formula is C8H9BrO. The van der Waals surface area contributed by atoms with E-state index in [1.54, 1.807) is 0 Å². The second kappa shape index (κ2) is 1.36. The van der Waals surface area contributed by atoms with Crippen LogP contribution in [-0.2, 0) is 4.79 Å². The molecule has 54 valence electrons. The molecule has 4 bridgehead atoms. The number of hydrogen-bond acceptors (Lipinski definition) is 1. The van der Waals surface area contributed by atoms with Gasteiger partial charge in [-0.15, -0.1) is 0 Å². The fourth-order valence-electron chi connectivity index (χ4n) is 3.36. The summed E-state index contributed by atoms with van der Waals surface area (Å²) >= 11 is 3.67. The molecule has 0 N–H and O–H groups in total. The van der Waals surface area contributed by atoms with Crippen molar-refractivity contribution in [3.8, 4) is 0 Å². The summed E-state index contributed by atoms with van der Waals surface area (Å²) in [4.78, 5) is 11.4. The van der Waals surface area contributed by atoms with Gasteiger partial charge in [-0.3, -0.25) is 0 Å². The average Bonchev–Trinajstić information content (AvgIpc) is 2.36. The maximum Gasteiger partial charge on any atom is 0.126 e. The highest BCUT2D eigenvalue weighted by Crippen LogP contribution is 2.79. The van der Waals surface area contributed by atoms with Gasteiger partial charge >= 0.3 is 0 Å². The molecule has 4 aliphatic carbocycles. The van der Waals surface area contributed by atoms with Gasteiger partial charge in [0, 0.05) is 10.2 Å². The molecular weight excluding hydrogens is 192 g/mol. The molecule has 0 saturated heterocycles. The predicted molar refractivity (Wildman–Crippen MR) is 40.9 cm³/mol. The van der Waals surface area contributed by atoms with E-state index in [-0.39, 0.29) is 5.41 Å². The van der Waals surface area contributed by atoms with Crippen LogP contribution in [0.4, 0.5) is 0 Å². The van der Waals surface area contributed by atoms with Gasteiger partial charge in [0.05, 0.1) is 0 Å². The predicted octanol–water partition coefficient (Wildman–Crippen LogP) is 1.60. The molecule has 0 aromatic rings. The van der Waals surface area contributed by atoms with E-state index in [0.717, 1.165) is 17.8 Å². The van der Waals surface area contributed by atoms with E-state index in [4.69, 9.17) is 0 Å². The maximum atomic E-state index is 10.7. The van der Waals surface area contributed by atoms with Crippen LogP contribution in [0.15, 0.2) is 0 Å². The van der Waals surface area contributed by atoms with Crippen LogP contribution >= 0.6 is 15.9 Å². The van der Waals surface area contributed by atoms with Crippen molar-refractivity contribution in [2.24, 2.45) is 23.2 Å². The van der Waals surface area contributed by atoms with Gasteiger partial charge in [-0.25, -0.2) is 0 Å². The summed E-state index contributed by atoms with van der Waals surface area (Å²) in [6, 6.07) is 0. The van der Waals surface area contributed by atoms with Crippen molar-refractivity contribution >= 4 is 22.2 Å². The third-order valence-corrected chi connectivity index (χ3v) is 5.14. The van der Waals surface area contributed by atoms with Crippen molar-refractivity contribution in [3.63, 3.8) is 0 Å². The van der Waals surface area contributed by atoms with E-state index in [1.807, 2.05) is 0 Å². The molecule has 5 unspecified atom stereocenters. The number of aldehydes is 1. The molecule has 0 aromatic heterocycles. The number of alkyl halides is 1. The molecule has 0 amide bonds. The molecule has 4 rings (SSSR count). The topological polar surface area (TPSA) is 17.1 Å². The van der Waals surface area contributed by atoms with Crippen LogP contribution in [0.25, 0.3) is 0 Å². The van der Waals surface area contributed by atoms with E-state index >= 15 is 0 Å². The normalized spacial score (nSPS) is 68.5. The van der Waals surface area contributed by atoms with Crippen LogP contribution in [-0.4, -0.2) is 11.1 Å². The van der Waals surface area contributed by atoms with Crippen molar-refractivity contribution in [1.82, 2.24) is 0 Å². The smallest absolute Gasteiger partial charge is 0.126 e. The Hall–Kier alpha value is 0.150. The van der Waals surface area contributed by atoms with Crippen molar-refractivity contribution in [3.05, 3.63) is 0 Å². The minimum Gasteiger partial charge on any atom is -0.303 e. The molecule has 5 atom stereocenters. The number of halogens is 1. The minimum atomic E-state index is 0.179. The Morgan fingerprint density at radius 3 is 2.60 bits per heavy atom. The Bertz CT molecular complexity index is 215. The molecule has 4 aliphatic rings. The standard InChI is InChI=1S/C8H9BrO/c9-7-4-1-5-6(7)8(5,2-4)3-10/h3-7H,1-2H2. The van der Waals surface area contributed by atoms with Crippen LogP contribution in [0.5, 0.6) is 0 Å². The molecule has 4 fully saturated rings. The van der Waals surface area contributed by atoms with E-state index in [9.17, 15) is 4.79 Å². The summed E-state index contributed by atoms with van der Waals surface area (Å²) in [5.74, 6) is 2.34. The first-order valence-corrected chi connectivity index (χ1v) is 4.81. The van der Waals surface area contributed by atoms with E-state index in [0.29, 0.717) is 4.83 Å². The lowest BCUT2D eigenvalue weighted by Gasteiger charge is -2.02. The largest absolute Gasteiger partial charge is 0.303 e. The van der Waals surface area contributed by atoms with Gasteiger partial charge in [0.15, 0.2) is 0 Å². The zero-order valence-corrected chi connectivity index (χ0v) is 7.17. The first-order valence-electron chi connectivity index (χ1n) is 3.90. The Kier molecular flexibility index (Phi) is 0.782. The highest BCUT2D eigenvalue weighted by atomic mass is 79.9. The van der Waals surface area contributed by atoms with Crippen LogP contribution < -0.4 is 0 Å². The Balaban J connectivity index is 2.07. The molecule has 0 heterocycles. The van der Waals surface area contributed by atoms with Crippen LogP contribution in [0, 0.1) is 23.2 Å². The fourth-order valence-corrected chi connectivity index (χ4v) is 4.62. The summed E-state index contributed by atoms with van der Waals surface area (Å²) in [6.45, 7) is 0. The Labute approximate surface area is 68.3 Å². The third kappa shape index (κ3) is 0.357. The molecule has 0 aromatic carbocycles. The number of carbonyl (C=O) groups excluding carboxylic acids is 1. The SMILES string of the molecule is O=CC12CC3CC1C2C3Br. The summed E-state index contributed by atoms with van der Waals surface area (Å²) < 4.78 is 0. The van der Waals surface area contributed by atoms with Crippen LogP contribution in [0.3, 0.4) is 0 Å². The van der Waals surface area contributed by atoms with E-state index in [1.165, 1.54) is 19.1 Å². The average molecular weight is 201 g/mol. The summed E-state index contributed by atoms with van der Waals surface area (Å²) in [6.07, 6.45) is 3.73. The molecule has 0 aliphatic heterocycles. The van der Waals surface area contributed by atoms with Gasteiger partial charge in [0.2, 0.25) is 0 Å². The monoisotopic (exact) mass is 200 g/mol. The van der Waals surface area contributed by atoms with Crippen molar-refractivity contribution in [1.29, 1.82) is 0 Å². The number of rotatable bonds is 1.